The number of ether oxygens (including phenoxy) is 1. The van der Waals surface area contributed by atoms with Gasteiger partial charge in [0.15, 0.2) is 0 Å². The van der Waals surface area contributed by atoms with E-state index < -0.39 is 6.09 Å². The largest absolute Gasteiger partial charge is 0.449 e. The topological polar surface area (TPSA) is 68.5 Å². The lowest BCUT2D eigenvalue weighted by molar-refractivity contribution is 0.147. The molecule has 1 aromatic carbocycles. The number of hydrogen-bond donors (Lipinski definition) is 1. The molecule has 0 atom stereocenters. The van der Waals surface area contributed by atoms with Crippen molar-refractivity contribution in [1.82, 2.24) is 14.6 Å². The van der Waals surface area contributed by atoms with Crippen LogP contribution < -0.4 is 5.32 Å². The third-order valence-electron chi connectivity index (χ3n) is 3.05. The molecule has 126 valence electrons. The lowest BCUT2D eigenvalue weighted by Crippen LogP contribution is -2.17. The highest BCUT2D eigenvalue weighted by atomic mass is 35.5. The van der Waals surface area contributed by atoms with Crippen LogP contribution in [0.25, 0.3) is 16.2 Å². The predicted molar refractivity (Wildman–Crippen MR) is 96.1 cm³/mol. The summed E-state index contributed by atoms with van der Waals surface area (Å²) >= 11 is 13.6. The molecule has 2 aromatic heterocycles. The van der Waals surface area contributed by atoms with Crippen LogP contribution in [0.4, 0.5) is 10.7 Å². The number of fused-ring (bicyclic) bond motifs is 1. The fourth-order valence-corrected chi connectivity index (χ4v) is 3.31. The van der Waals surface area contributed by atoms with E-state index >= 15 is 0 Å². The first kappa shape index (κ1) is 17.0. The van der Waals surface area contributed by atoms with E-state index in [2.05, 4.69) is 15.4 Å². The first-order valence-corrected chi connectivity index (χ1v) is 8.81. The average Bonchev–Trinajstić information content (AvgIpc) is 3.05. The van der Waals surface area contributed by atoms with Gasteiger partial charge in [-0.3, -0.25) is 5.32 Å². The minimum Gasteiger partial charge on any atom is -0.449 e. The maximum atomic E-state index is 11.7. The van der Waals surface area contributed by atoms with Crippen LogP contribution in [0, 0.1) is 5.92 Å². The average molecular weight is 385 g/mol. The third-order valence-corrected chi connectivity index (χ3v) is 4.41. The Kier molecular flexibility index (Phi) is 4.93. The normalized spacial score (nSPS) is 11.2. The molecule has 9 heteroatoms. The van der Waals surface area contributed by atoms with Crippen molar-refractivity contribution in [3.8, 4) is 11.3 Å². The maximum absolute atomic E-state index is 11.7. The summed E-state index contributed by atoms with van der Waals surface area (Å²) in [6.07, 6.45) is -0.576. The zero-order valence-corrected chi connectivity index (χ0v) is 15.2. The summed E-state index contributed by atoms with van der Waals surface area (Å²) in [6, 6.07) is 5.24. The Balaban J connectivity index is 1.85. The molecule has 0 saturated carbocycles. The van der Waals surface area contributed by atoms with Gasteiger partial charge < -0.3 is 4.74 Å². The van der Waals surface area contributed by atoms with Crippen molar-refractivity contribution in [2.45, 2.75) is 13.8 Å². The molecule has 0 fully saturated rings. The molecule has 1 N–H and O–H groups in total. The van der Waals surface area contributed by atoms with Gasteiger partial charge in [-0.15, -0.1) is 16.4 Å². The van der Waals surface area contributed by atoms with Crippen LogP contribution in [0.2, 0.25) is 10.0 Å². The number of nitrogens with one attached hydrogen (secondary N) is 1. The Hall–Kier alpha value is -1.83. The lowest BCUT2D eigenvalue weighted by atomic mass is 10.2. The molecule has 3 rings (SSSR count). The van der Waals surface area contributed by atoms with Gasteiger partial charge in [-0.1, -0.05) is 37.0 Å². The van der Waals surface area contributed by atoms with E-state index in [-0.39, 0.29) is 11.9 Å². The molecule has 1 amide bonds. The molecule has 0 bridgehead atoms. The molecule has 3 aromatic rings. The summed E-state index contributed by atoms with van der Waals surface area (Å²) in [6.45, 7) is 4.25. The molecular weight excluding hydrogens is 371 g/mol. The van der Waals surface area contributed by atoms with E-state index in [1.807, 2.05) is 25.3 Å². The molecule has 0 aliphatic heterocycles. The first-order chi connectivity index (χ1) is 11.4. The number of aromatic nitrogens is 3. The second-order valence-corrected chi connectivity index (χ2v) is 7.17. The van der Waals surface area contributed by atoms with Crippen LogP contribution in [-0.4, -0.2) is 27.3 Å². The van der Waals surface area contributed by atoms with Crippen LogP contribution in [0.3, 0.4) is 0 Å². The standard InChI is InChI=1S/C15H14Cl2N4O2S/c1-8(2)6-23-15(22)19-13-18-14-21(20-13)12(7-24-14)10-4-3-9(16)5-11(10)17/h3-5,7-8H,6H2,1-2H3,(H,19,20,22). The van der Waals surface area contributed by atoms with E-state index in [0.29, 0.717) is 21.6 Å². The summed E-state index contributed by atoms with van der Waals surface area (Å²) in [5, 5.41) is 9.79. The van der Waals surface area contributed by atoms with Crippen molar-refractivity contribution in [3.05, 3.63) is 33.6 Å². The van der Waals surface area contributed by atoms with E-state index in [9.17, 15) is 4.79 Å². The second kappa shape index (κ2) is 6.96. The highest BCUT2D eigenvalue weighted by Gasteiger charge is 2.15. The van der Waals surface area contributed by atoms with Crippen molar-refractivity contribution in [2.24, 2.45) is 5.92 Å². The van der Waals surface area contributed by atoms with E-state index in [0.717, 1.165) is 11.3 Å². The van der Waals surface area contributed by atoms with Gasteiger partial charge in [0.2, 0.25) is 4.96 Å². The first-order valence-electron chi connectivity index (χ1n) is 7.17. The van der Waals surface area contributed by atoms with E-state index in [4.69, 9.17) is 27.9 Å². The number of carbonyl (C=O) groups is 1. The molecule has 0 aliphatic carbocycles. The molecule has 0 unspecified atom stereocenters. The highest BCUT2D eigenvalue weighted by Crippen LogP contribution is 2.33. The number of anilines is 1. The Morgan fingerprint density at radius 1 is 1.42 bits per heavy atom. The molecule has 24 heavy (non-hydrogen) atoms. The predicted octanol–water partition coefficient (Wildman–Crippen LogP) is 4.97. The number of benzene rings is 1. The monoisotopic (exact) mass is 384 g/mol. The zero-order valence-electron chi connectivity index (χ0n) is 12.9. The second-order valence-electron chi connectivity index (χ2n) is 5.49. The fraction of sp³-hybridized carbons (Fsp3) is 0.267. The van der Waals surface area contributed by atoms with Crippen LogP contribution in [0.5, 0.6) is 0 Å². The zero-order chi connectivity index (χ0) is 17.3. The van der Waals surface area contributed by atoms with Crippen molar-refractivity contribution < 1.29 is 9.53 Å². The van der Waals surface area contributed by atoms with Gasteiger partial charge >= 0.3 is 6.09 Å². The lowest BCUT2D eigenvalue weighted by Gasteiger charge is -2.06. The summed E-state index contributed by atoms with van der Waals surface area (Å²) in [7, 11) is 0. The van der Waals surface area contributed by atoms with Gasteiger partial charge in [-0.2, -0.15) is 4.98 Å². The van der Waals surface area contributed by atoms with Gasteiger partial charge in [0.05, 0.1) is 17.3 Å². The van der Waals surface area contributed by atoms with Crippen LogP contribution in [-0.2, 0) is 4.74 Å². The van der Waals surface area contributed by atoms with Gasteiger partial charge in [0, 0.05) is 16.0 Å². The summed E-state index contributed by atoms with van der Waals surface area (Å²) in [5.41, 5.74) is 1.55. The number of hydrogen-bond acceptors (Lipinski definition) is 5. The van der Waals surface area contributed by atoms with E-state index in [1.165, 1.54) is 11.3 Å². The summed E-state index contributed by atoms with van der Waals surface area (Å²) in [4.78, 5) is 16.6. The highest BCUT2D eigenvalue weighted by molar-refractivity contribution is 7.15. The van der Waals surface area contributed by atoms with Gasteiger partial charge in [0.1, 0.15) is 0 Å². The molecule has 0 radical (unpaired) electrons. The Bertz CT molecular complexity index is 891. The quantitative estimate of drug-likeness (QED) is 0.689. The Morgan fingerprint density at radius 3 is 2.92 bits per heavy atom. The molecule has 0 spiro atoms. The van der Waals surface area contributed by atoms with Gasteiger partial charge in [-0.25, -0.2) is 9.31 Å². The Morgan fingerprint density at radius 2 is 2.21 bits per heavy atom. The minimum atomic E-state index is -0.576. The number of amides is 1. The van der Waals surface area contributed by atoms with E-state index in [1.54, 1.807) is 16.6 Å². The SMILES string of the molecule is CC(C)COC(=O)Nc1nc2scc(-c3ccc(Cl)cc3Cl)n2n1. The molecule has 6 nitrogen and oxygen atoms in total. The van der Waals surface area contributed by atoms with Gasteiger partial charge in [0.25, 0.3) is 5.95 Å². The number of halogens is 2. The summed E-state index contributed by atoms with van der Waals surface area (Å²) in [5.74, 6) is 0.440. The van der Waals surface area contributed by atoms with Crippen LogP contribution in [0.15, 0.2) is 23.6 Å². The molecular formula is C15H14Cl2N4O2S. The number of thiazole rings is 1. The smallest absolute Gasteiger partial charge is 0.414 e. The van der Waals surface area contributed by atoms with Gasteiger partial charge in [-0.05, 0) is 24.1 Å². The van der Waals surface area contributed by atoms with Crippen LogP contribution >= 0.6 is 34.5 Å². The molecule has 0 saturated heterocycles. The fourth-order valence-electron chi connectivity index (χ4n) is 1.99. The number of nitrogens with zero attached hydrogens (tertiary/aromatic N) is 3. The minimum absolute atomic E-state index is 0.182. The maximum Gasteiger partial charge on any atom is 0.414 e. The third kappa shape index (κ3) is 3.63. The molecule has 2 heterocycles. The van der Waals surface area contributed by atoms with Crippen molar-refractivity contribution in [3.63, 3.8) is 0 Å². The van der Waals surface area contributed by atoms with Crippen LogP contribution in [0.1, 0.15) is 13.8 Å². The summed E-state index contributed by atoms with van der Waals surface area (Å²) < 4.78 is 6.68. The van der Waals surface area contributed by atoms with Crippen molar-refractivity contribution in [2.75, 3.05) is 11.9 Å². The number of carbonyl (C=O) groups excluding carboxylic acids is 1. The van der Waals surface area contributed by atoms with Crippen molar-refractivity contribution in [1.29, 1.82) is 0 Å². The van der Waals surface area contributed by atoms with Crippen molar-refractivity contribution >= 4 is 51.5 Å². The Labute approximate surface area is 152 Å². The number of rotatable bonds is 4. The molecule has 0 aliphatic rings.